The van der Waals surface area contributed by atoms with Crippen molar-refractivity contribution in [1.29, 1.82) is 0 Å². The van der Waals surface area contributed by atoms with Gasteiger partial charge in [0.25, 0.3) is 0 Å². The number of guanidine groups is 1. The molecule has 19 nitrogen and oxygen atoms in total. The summed E-state index contributed by atoms with van der Waals surface area (Å²) in [5, 5.41) is 17.2. The summed E-state index contributed by atoms with van der Waals surface area (Å²) < 4.78 is 17.8. The van der Waals surface area contributed by atoms with Crippen molar-refractivity contribution in [3.05, 3.63) is 65.7 Å². The molecule has 0 aromatic heterocycles. The number of ketones is 3. The summed E-state index contributed by atoms with van der Waals surface area (Å²) in [6, 6.07) is 14.4. The average molecular weight is 1160 g/mol. The maximum absolute atomic E-state index is 14.8. The fraction of sp³-hybridized carbons (Fsp3) is 0.688. The second-order valence-electron chi connectivity index (χ2n) is 24.6. The fourth-order valence-corrected chi connectivity index (χ4v) is 11.7. The number of hydrogen-bond acceptors (Lipinski definition) is 13. The van der Waals surface area contributed by atoms with Gasteiger partial charge in [0.1, 0.15) is 12.4 Å². The van der Waals surface area contributed by atoms with Crippen LogP contribution in [-0.4, -0.2) is 151 Å². The van der Waals surface area contributed by atoms with Gasteiger partial charge in [-0.15, -0.1) is 0 Å². The molecular weight excluding hydrogens is 1060 g/mol. The molecule has 19 heteroatoms. The molecule has 7 N–H and O–H groups in total. The lowest BCUT2D eigenvalue weighted by atomic mass is 9.83. The van der Waals surface area contributed by atoms with Crippen molar-refractivity contribution in [3.63, 3.8) is 0 Å². The Balaban J connectivity index is 1.67. The normalized spacial score (nSPS) is 17.6. The monoisotopic (exact) mass is 1160 g/mol. The van der Waals surface area contributed by atoms with E-state index in [0.29, 0.717) is 56.6 Å². The third kappa shape index (κ3) is 21.7. The predicted molar refractivity (Wildman–Crippen MR) is 326 cm³/mol. The summed E-state index contributed by atoms with van der Waals surface area (Å²) in [6.07, 6.45) is -0.299. The van der Waals surface area contributed by atoms with Crippen LogP contribution >= 0.6 is 0 Å². The van der Waals surface area contributed by atoms with Crippen molar-refractivity contribution in [2.75, 3.05) is 53.3 Å². The van der Waals surface area contributed by atoms with Crippen LogP contribution in [0.1, 0.15) is 152 Å². The van der Waals surface area contributed by atoms with Gasteiger partial charge in [-0.05, 0) is 72.1 Å². The third-order valence-corrected chi connectivity index (χ3v) is 16.7. The van der Waals surface area contributed by atoms with Crippen molar-refractivity contribution in [2.24, 2.45) is 69.7 Å². The standard InChI is InChI=1S/C64H104N8O11/c1-17-42(10)58(54(81-15)35-55(76)72-31-29-48(36-72)60(82-16)44(12)51(73)32-43(11)59(77)46-22-19-18-20-23-46)70(13)62(79)50(38(2)3)34-53(75)57(40(6)7)71(14)64(80)83-37-45-25-27-49(28-26-45)69-61(78)47(24-21-30-67-63(65)66)33-52(74)56(39(4)5)68-41(8)9/h18-20,22-23,25-28,38-44,47-48,50,54,56-60,68,77H,17,21,24,29-37H2,1-16H3,(H,69,78)(H4,65,66,67)/t42-,43-,44-,47+,48+,50-,54+,56-,57-,58-,59+,60+/m0/s1. The molecule has 1 heterocycles. The van der Waals surface area contributed by atoms with E-state index in [0.717, 1.165) is 5.56 Å². The minimum absolute atomic E-state index is 0.00825. The highest BCUT2D eigenvalue weighted by Crippen LogP contribution is 2.33. The van der Waals surface area contributed by atoms with Crippen molar-refractivity contribution in [2.45, 2.75) is 184 Å². The Morgan fingerprint density at radius 2 is 1.40 bits per heavy atom. The van der Waals surface area contributed by atoms with E-state index in [4.69, 9.17) is 25.7 Å². The molecule has 0 aliphatic carbocycles. The van der Waals surface area contributed by atoms with Crippen molar-refractivity contribution in [3.8, 4) is 0 Å². The Hall–Kier alpha value is -5.76. The maximum Gasteiger partial charge on any atom is 0.410 e. The molecule has 466 valence electrons. The highest BCUT2D eigenvalue weighted by Gasteiger charge is 2.43. The number of carbonyl (C=O) groups excluding carboxylic acids is 7. The summed E-state index contributed by atoms with van der Waals surface area (Å²) in [6.45, 7) is 24.2. The number of likely N-dealkylation sites (N-methyl/N-ethyl adjacent to an activating group) is 2. The Morgan fingerprint density at radius 1 is 0.759 bits per heavy atom. The maximum atomic E-state index is 14.8. The van der Waals surface area contributed by atoms with Gasteiger partial charge in [0.15, 0.2) is 17.5 Å². The van der Waals surface area contributed by atoms with Gasteiger partial charge in [0.05, 0.1) is 42.9 Å². The number of likely N-dealkylation sites (tertiary alicyclic amines) is 1. The molecule has 2 aromatic rings. The molecule has 0 saturated carbocycles. The van der Waals surface area contributed by atoms with Gasteiger partial charge in [-0.3, -0.25) is 33.8 Å². The molecule has 1 aliphatic heterocycles. The van der Waals surface area contributed by atoms with Crippen LogP contribution in [0.15, 0.2) is 59.6 Å². The first-order valence-corrected chi connectivity index (χ1v) is 30.1. The zero-order chi connectivity index (χ0) is 62.4. The highest BCUT2D eigenvalue weighted by molar-refractivity contribution is 5.96. The summed E-state index contributed by atoms with van der Waals surface area (Å²) >= 11 is 0. The molecule has 1 saturated heterocycles. The minimum atomic E-state index is -0.912. The fourth-order valence-electron chi connectivity index (χ4n) is 11.7. The highest BCUT2D eigenvalue weighted by atomic mass is 16.6. The number of hydrogen-bond donors (Lipinski definition) is 5. The topological polar surface area (TPSA) is 266 Å². The number of carbonyl (C=O) groups is 7. The number of methoxy groups -OCH3 is 2. The van der Waals surface area contributed by atoms with Crippen LogP contribution in [0.25, 0.3) is 0 Å². The zero-order valence-corrected chi connectivity index (χ0v) is 52.9. The molecule has 12 atom stereocenters. The molecule has 3 rings (SSSR count). The molecule has 0 spiro atoms. The average Bonchev–Trinajstić information content (AvgIpc) is 4.21. The van der Waals surface area contributed by atoms with E-state index in [2.05, 4.69) is 15.6 Å². The number of nitrogens with one attached hydrogen (secondary N) is 2. The van der Waals surface area contributed by atoms with E-state index in [9.17, 15) is 38.7 Å². The van der Waals surface area contributed by atoms with Crippen molar-refractivity contribution >= 4 is 52.8 Å². The van der Waals surface area contributed by atoms with Crippen LogP contribution in [0.2, 0.25) is 0 Å². The molecule has 1 fully saturated rings. The van der Waals surface area contributed by atoms with Gasteiger partial charge < -0.3 is 56.1 Å². The van der Waals surface area contributed by atoms with Gasteiger partial charge in [0.2, 0.25) is 17.7 Å². The van der Waals surface area contributed by atoms with E-state index in [1.807, 2.05) is 113 Å². The van der Waals surface area contributed by atoms with E-state index in [-0.39, 0.29) is 115 Å². The number of rotatable bonds is 36. The molecule has 2 aromatic carbocycles. The molecule has 4 amide bonds. The minimum Gasteiger partial charge on any atom is -0.445 e. The third-order valence-electron chi connectivity index (χ3n) is 16.7. The number of nitrogens with zero attached hydrogens (tertiary/aromatic N) is 4. The number of amides is 4. The number of Topliss-reactive ketones (excluding diaryl/α,β-unsaturated/α-hetero) is 3. The van der Waals surface area contributed by atoms with Gasteiger partial charge in [-0.1, -0.05) is 132 Å². The van der Waals surface area contributed by atoms with Crippen LogP contribution in [0, 0.1) is 53.3 Å². The first kappa shape index (κ1) is 71.5. The van der Waals surface area contributed by atoms with Gasteiger partial charge in [-0.25, -0.2) is 4.79 Å². The Kier molecular flexibility index (Phi) is 30.0. The van der Waals surface area contributed by atoms with Gasteiger partial charge in [0, 0.05) is 103 Å². The number of nitrogens with two attached hydrogens (primary N) is 2. The lowest BCUT2D eigenvalue weighted by molar-refractivity contribution is -0.147. The Morgan fingerprint density at radius 3 is 1.94 bits per heavy atom. The van der Waals surface area contributed by atoms with Crippen molar-refractivity contribution < 1.29 is 52.9 Å². The number of aliphatic hydroxyl groups excluding tert-OH is 1. The number of aliphatic imine (C=N–C) groups is 1. The SMILES string of the molecule is CC[C@H](C)[C@@H]([C@@H](CC(=O)N1CC[C@@H]([C@H](OC)[C@@H](C)C(=O)C[C@H](C)[C@@H](O)c2ccccc2)C1)OC)N(C)C(=O)[C@@H](CC(=O)[C@H](C(C)C)N(C)C(=O)OCc1ccc(NC(=O)[C@H](CCCN=C(N)N)CC(=O)[C@@H](NC(C)C)C(C)C)cc1)C(C)C. The Labute approximate surface area is 496 Å². The Bertz CT molecular complexity index is 2400. The first-order valence-electron chi connectivity index (χ1n) is 30.1. The quantitative estimate of drug-likeness (QED) is 0.0245. The van der Waals surface area contributed by atoms with Crippen LogP contribution < -0.4 is 22.1 Å². The lowest BCUT2D eigenvalue weighted by Crippen LogP contribution is -2.53. The van der Waals surface area contributed by atoms with E-state index in [1.165, 1.54) is 11.9 Å². The van der Waals surface area contributed by atoms with E-state index >= 15 is 0 Å². The van der Waals surface area contributed by atoms with Crippen molar-refractivity contribution in [1.82, 2.24) is 20.0 Å². The second-order valence-corrected chi connectivity index (χ2v) is 24.6. The molecular formula is C64H104N8O11. The summed E-state index contributed by atoms with van der Waals surface area (Å²) in [5.74, 6) is -4.00. The number of benzene rings is 2. The molecule has 0 bridgehead atoms. The predicted octanol–water partition coefficient (Wildman–Crippen LogP) is 8.21. The number of aliphatic hydroxyl groups is 1. The van der Waals surface area contributed by atoms with E-state index in [1.54, 1.807) is 55.3 Å². The number of ether oxygens (including phenoxy) is 3. The largest absolute Gasteiger partial charge is 0.445 e. The summed E-state index contributed by atoms with van der Waals surface area (Å²) in [5.41, 5.74) is 12.9. The molecule has 83 heavy (non-hydrogen) atoms. The van der Waals surface area contributed by atoms with Crippen LogP contribution in [0.4, 0.5) is 10.5 Å². The van der Waals surface area contributed by atoms with Gasteiger partial charge in [-0.2, -0.15) is 0 Å². The summed E-state index contributed by atoms with van der Waals surface area (Å²) in [7, 11) is 6.36. The molecule has 0 radical (unpaired) electrons. The van der Waals surface area contributed by atoms with E-state index < -0.39 is 60.3 Å². The second kappa shape index (κ2) is 34.9. The van der Waals surface area contributed by atoms with Crippen LogP contribution in [0.5, 0.6) is 0 Å². The number of anilines is 1. The molecule has 1 aliphatic rings. The first-order chi connectivity index (χ1) is 39.1. The van der Waals surface area contributed by atoms with Gasteiger partial charge >= 0.3 is 6.09 Å². The zero-order valence-electron chi connectivity index (χ0n) is 52.9. The smallest absolute Gasteiger partial charge is 0.410 e. The van der Waals surface area contributed by atoms with Crippen LogP contribution in [-0.2, 0) is 49.6 Å². The van der Waals surface area contributed by atoms with Crippen LogP contribution in [0.3, 0.4) is 0 Å². The molecule has 0 unspecified atom stereocenters. The summed E-state index contributed by atoms with van der Waals surface area (Å²) in [4.78, 5) is 107. The lowest BCUT2D eigenvalue weighted by Gasteiger charge is -2.40.